The molecule has 0 aromatic carbocycles. The molecule has 106 valence electrons. The van der Waals surface area contributed by atoms with Crippen LogP contribution in [0.25, 0.3) is 0 Å². The molecule has 19 heavy (non-hydrogen) atoms. The number of hydrogen-bond donors (Lipinski definition) is 1. The number of hydrogen-bond acceptors (Lipinski definition) is 4. The van der Waals surface area contributed by atoms with Gasteiger partial charge in [-0.05, 0) is 12.2 Å². The molecule has 0 saturated heterocycles. The minimum atomic E-state index is -1.21. The van der Waals surface area contributed by atoms with Crippen molar-refractivity contribution in [2.24, 2.45) is 0 Å². The Morgan fingerprint density at radius 1 is 1.21 bits per heavy atom. The molecule has 5 nitrogen and oxygen atoms in total. The summed E-state index contributed by atoms with van der Waals surface area (Å²) in [6, 6.07) is 0. The van der Waals surface area contributed by atoms with Crippen LogP contribution < -0.4 is 0 Å². The van der Waals surface area contributed by atoms with Gasteiger partial charge in [0.2, 0.25) is 11.9 Å². The number of carbonyl (C=O) groups is 2. The Kier molecular flexibility index (Phi) is 6.71. The third-order valence-corrected chi connectivity index (χ3v) is 2.14. The molecule has 3 aliphatic rings. The number of rotatable bonds is 2. The van der Waals surface area contributed by atoms with Gasteiger partial charge >= 0.3 is 11.9 Å². The molecule has 2 saturated carbocycles. The minimum Gasteiger partial charge on any atom is -0.475 e. The summed E-state index contributed by atoms with van der Waals surface area (Å²) < 4.78 is 9.18. The van der Waals surface area contributed by atoms with Gasteiger partial charge in [-0.1, -0.05) is 44.6 Å². The first kappa shape index (κ1) is 15.3. The van der Waals surface area contributed by atoms with Gasteiger partial charge in [-0.2, -0.15) is 0 Å². The number of methoxy groups -OCH3 is 1. The predicted molar refractivity (Wildman–Crippen MR) is 69.4 cm³/mol. The van der Waals surface area contributed by atoms with Crippen LogP contribution in [0.5, 0.6) is 0 Å². The lowest BCUT2D eigenvalue weighted by Crippen LogP contribution is -2.26. The van der Waals surface area contributed by atoms with Crippen molar-refractivity contribution < 1.29 is 24.2 Å². The highest BCUT2D eigenvalue weighted by Crippen LogP contribution is 2.15. The summed E-state index contributed by atoms with van der Waals surface area (Å²) >= 11 is 0. The molecule has 0 aromatic heterocycles. The van der Waals surface area contributed by atoms with Crippen molar-refractivity contribution in [3.05, 3.63) is 24.0 Å². The summed E-state index contributed by atoms with van der Waals surface area (Å²) in [5.74, 6) is -2.10. The molecule has 0 bridgehead atoms. The molecule has 0 radical (unpaired) electrons. The number of esters is 1. The van der Waals surface area contributed by atoms with Crippen molar-refractivity contribution in [3.63, 3.8) is 0 Å². The van der Waals surface area contributed by atoms with Crippen LogP contribution in [-0.4, -0.2) is 30.3 Å². The van der Waals surface area contributed by atoms with Gasteiger partial charge in [-0.25, -0.2) is 9.59 Å². The van der Waals surface area contributed by atoms with Crippen LogP contribution in [-0.2, 0) is 19.1 Å². The van der Waals surface area contributed by atoms with Crippen molar-refractivity contribution in [2.75, 3.05) is 7.11 Å². The van der Waals surface area contributed by atoms with E-state index in [0.29, 0.717) is 0 Å². The standard InChI is InChI=1S/C8H8O5.2C3H6/c1-12-8(11)6-4-2-3-5(13-6)7(9)10;2*1-2-3-1/h2-4,6H,1H3,(H,9,10);2*1-3H2. The number of carboxylic acid groups (broad SMARTS) is 1. The van der Waals surface area contributed by atoms with Gasteiger partial charge in [0.05, 0.1) is 7.11 Å². The average molecular weight is 268 g/mol. The summed E-state index contributed by atoms with van der Waals surface area (Å²) in [4.78, 5) is 21.3. The summed E-state index contributed by atoms with van der Waals surface area (Å²) in [6.07, 6.45) is 12.2. The Hall–Kier alpha value is -1.78. The minimum absolute atomic E-state index is 0.266. The van der Waals surface area contributed by atoms with Crippen LogP contribution in [0.1, 0.15) is 38.5 Å². The quantitative estimate of drug-likeness (QED) is 0.779. The number of carboxylic acids is 1. The largest absolute Gasteiger partial charge is 0.475 e. The summed E-state index contributed by atoms with van der Waals surface area (Å²) in [5.41, 5.74) is 0. The second-order valence-electron chi connectivity index (χ2n) is 4.40. The molecule has 0 spiro atoms. The predicted octanol–water partition coefficient (Wildman–Crippen LogP) is 2.42. The van der Waals surface area contributed by atoms with E-state index < -0.39 is 18.0 Å². The van der Waals surface area contributed by atoms with Crippen molar-refractivity contribution in [1.29, 1.82) is 0 Å². The zero-order valence-electron chi connectivity index (χ0n) is 11.1. The van der Waals surface area contributed by atoms with Crippen molar-refractivity contribution in [2.45, 2.75) is 44.6 Å². The molecule has 0 amide bonds. The molecule has 1 atom stereocenters. The molecule has 2 aliphatic carbocycles. The van der Waals surface area contributed by atoms with Crippen LogP contribution >= 0.6 is 0 Å². The van der Waals surface area contributed by atoms with Gasteiger partial charge in [0.25, 0.3) is 0 Å². The fourth-order valence-corrected chi connectivity index (χ4v) is 0.824. The smallest absolute Gasteiger partial charge is 0.371 e. The Balaban J connectivity index is 0.000000241. The van der Waals surface area contributed by atoms with E-state index in [1.54, 1.807) is 0 Å². The zero-order chi connectivity index (χ0) is 14.1. The van der Waals surface area contributed by atoms with Gasteiger partial charge in [0.15, 0.2) is 0 Å². The van der Waals surface area contributed by atoms with E-state index in [1.165, 1.54) is 63.9 Å². The highest BCUT2D eigenvalue weighted by molar-refractivity contribution is 5.86. The van der Waals surface area contributed by atoms with Crippen molar-refractivity contribution >= 4 is 11.9 Å². The molecule has 1 unspecified atom stereocenters. The van der Waals surface area contributed by atoms with E-state index in [0.717, 1.165) is 0 Å². The molecule has 1 aliphatic heterocycles. The fraction of sp³-hybridized carbons (Fsp3) is 0.571. The van der Waals surface area contributed by atoms with Crippen LogP contribution in [0.15, 0.2) is 24.0 Å². The maximum Gasteiger partial charge on any atom is 0.371 e. The topological polar surface area (TPSA) is 72.8 Å². The van der Waals surface area contributed by atoms with Gasteiger partial charge in [-0.3, -0.25) is 0 Å². The molecule has 5 heteroatoms. The van der Waals surface area contributed by atoms with Crippen molar-refractivity contribution in [3.8, 4) is 0 Å². The highest BCUT2D eigenvalue weighted by Gasteiger charge is 2.23. The van der Waals surface area contributed by atoms with E-state index >= 15 is 0 Å². The Labute approximate surface area is 112 Å². The van der Waals surface area contributed by atoms with Gasteiger partial charge in [0.1, 0.15) is 0 Å². The van der Waals surface area contributed by atoms with E-state index in [1.807, 2.05) is 0 Å². The van der Waals surface area contributed by atoms with Gasteiger partial charge in [-0.15, -0.1) is 0 Å². The van der Waals surface area contributed by atoms with E-state index in [9.17, 15) is 9.59 Å². The number of allylic oxidation sites excluding steroid dienone is 2. The van der Waals surface area contributed by atoms with Gasteiger partial charge < -0.3 is 14.6 Å². The molecule has 3 rings (SSSR count). The van der Waals surface area contributed by atoms with Crippen LogP contribution in [0, 0.1) is 0 Å². The van der Waals surface area contributed by atoms with Crippen LogP contribution in [0.4, 0.5) is 0 Å². The lowest BCUT2D eigenvalue weighted by Gasteiger charge is -2.15. The second kappa shape index (κ2) is 8.34. The number of aliphatic carboxylic acids is 1. The fourth-order valence-electron chi connectivity index (χ4n) is 0.824. The lowest BCUT2D eigenvalue weighted by atomic mass is 10.2. The molecular formula is C14H20O5. The highest BCUT2D eigenvalue weighted by atomic mass is 16.6. The van der Waals surface area contributed by atoms with E-state index in [2.05, 4.69) is 4.74 Å². The average Bonchev–Trinajstić information content (AvgIpc) is 3.27. The molecular weight excluding hydrogens is 248 g/mol. The maximum absolute atomic E-state index is 10.9. The second-order valence-corrected chi connectivity index (χ2v) is 4.40. The summed E-state index contributed by atoms with van der Waals surface area (Å²) in [6.45, 7) is 0. The van der Waals surface area contributed by atoms with E-state index in [4.69, 9.17) is 9.84 Å². The molecule has 0 aromatic rings. The molecule has 1 heterocycles. The first-order valence-electron chi connectivity index (χ1n) is 6.51. The first-order valence-corrected chi connectivity index (χ1v) is 6.51. The Bertz CT molecular complexity index is 355. The van der Waals surface area contributed by atoms with Crippen LogP contribution in [0.2, 0.25) is 0 Å². The lowest BCUT2D eigenvalue weighted by molar-refractivity contribution is -0.151. The number of carbonyl (C=O) groups excluding carboxylic acids is 1. The Morgan fingerprint density at radius 3 is 2.11 bits per heavy atom. The summed E-state index contributed by atoms with van der Waals surface area (Å²) in [5, 5.41) is 8.53. The zero-order valence-corrected chi connectivity index (χ0v) is 11.1. The summed E-state index contributed by atoms with van der Waals surface area (Å²) in [7, 11) is 1.21. The third-order valence-electron chi connectivity index (χ3n) is 2.14. The van der Waals surface area contributed by atoms with E-state index in [-0.39, 0.29) is 5.76 Å². The molecule has 2 fully saturated rings. The normalized spacial score (nSPS) is 21.3. The first-order chi connectivity index (χ1) is 9.15. The molecule has 1 N–H and O–H groups in total. The van der Waals surface area contributed by atoms with Crippen molar-refractivity contribution in [1.82, 2.24) is 0 Å². The third kappa shape index (κ3) is 8.02. The Morgan fingerprint density at radius 2 is 1.74 bits per heavy atom. The number of ether oxygens (including phenoxy) is 2. The van der Waals surface area contributed by atoms with Crippen LogP contribution in [0.3, 0.4) is 0 Å². The SMILES string of the molecule is C1CC1.C1CC1.COC(=O)C1C=CC=C(C(=O)O)O1. The monoisotopic (exact) mass is 268 g/mol. The van der Waals surface area contributed by atoms with Gasteiger partial charge in [0, 0.05) is 0 Å². The maximum atomic E-state index is 10.9.